The second-order valence-corrected chi connectivity index (χ2v) is 6.57. The number of hydrogen-bond donors (Lipinski definition) is 2. The molecule has 2 N–H and O–H groups in total. The second-order valence-electron chi connectivity index (χ2n) is 5.72. The van der Waals surface area contributed by atoms with Crippen LogP contribution < -0.4 is 10.6 Å². The predicted octanol–water partition coefficient (Wildman–Crippen LogP) is 5.85. The molecule has 3 rings (SSSR count). The first kappa shape index (κ1) is 19.0. The topological polar surface area (TPSA) is 71.3 Å². The van der Waals surface area contributed by atoms with Crippen LogP contribution in [-0.4, -0.2) is 11.8 Å². The average molecular weight is 403 g/mol. The Morgan fingerprint density at radius 2 is 1.70 bits per heavy atom. The smallest absolute Gasteiger partial charge is 0.291 e. The van der Waals surface area contributed by atoms with Gasteiger partial charge < -0.3 is 15.1 Å². The second kappa shape index (κ2) is 8.29. The van der Waals surface area contributed by atoms with Crippen LogP contribution in [0.15, 0.2) is 59.0 Å². The van der Waals surface area contributed by atoms with E-state index in [1.165, 1.54) is 0 Å². The van der Waals surface area contributed by atoms with E-state index in [2.05, 4.69) is 10.6 Å². The molecule has 2 amide bonds. The van der Waals surface area contributed by atoms with Gasteiger partial charge in [0.25, 0.3) is 5.91 Å². The zero-order valence-electron chi connectivity index (χ0n) is 14.4. The molecule has 0 atom stereocenters. The molecule has 0 spiro atoms. The van der Waals surface area contributed by atoms with Crippen molar-refractivity contribution in [3.05, 3.63) is 70.4 Å². The molecule has 0 aliphatic heterocycles. The summed E-state index contributed by atoms with van der Waals surface area (Å²) >= 11 is 12.2. The molecule has 2 aromatic carbocycles. The van der Waals surface area contributed by atoms with E-state index in [0.717, 1.165) is 0 Å². The highest BCUT2D eigenvalue weighted by atomic mass is 35.5. The Bertz CT molecular complexity index is 998. The molecule has 0 saturated heterocycles. The third-order valence-electron chi connectivity index (χ3n) is 3.75. The largest absolute Gasteiger partial charge is 0.451 e. The van der Waals surface area contributed by atoms with Crippen molar-refractivity contribution in [3.8, 4) is 11.3 Å². The van der Waals surface area contributed by atoms with Crippen molar-refractivity contribution in [2.24, 2.45) is 0 Å². The summed E-state index contributed by atoms with van der Waals surface area (Å²) < 4.78 is 5.63. The van der Waals surface area contributed by atoms with Crippen molar-refractivity contribution < 1.29 is 14.0 Å². The SMILES string of the molecule is CCC(=O)Nc1cccc(NC(=O)c2ccc(-c3cc(Cl)ccc3Cl)o2)c1. The highest BCUT2D eigenvalue weighted by Gasteiger charge is 2.15. The number of carbonyl (C=O) groups excluding carboxylic acids is 2. The van der Waals surface area contributed by atoms with E-state index in [0.29, 0.717) is 39.2 Å². The Labute approximate surface area is 166 Å². The first-order valence-electron chi connectivity index (χ1n) is 8.23. The molecule has 1 heterocycles. The lowest BCUT2D eigenvalue weighted by Gasteiger charge is -2.07. The van der Waals surface area contributed by atoms with Gasteiger partial charge in [0.15, 0.2) is 5.76 Å². The highest BCUT2D eigenvalue weighted by Crippen LogP contribution is 2.32. The Kier molecular flexibility index (Phi) is 5.84. The molecule has 0 radical (unpaired) electrons. The van der Waals surface area contributed by atoms with E-state index in [-0.39, 0.29) is 11.7 Å². The lowest BCUT2D eigenvalue weighted by molar-refractivity contribution is -0.115. The monoisotopic (exact) mass is 402 g/mol. The summed E-state index contributed by atoms with van der Waals surface area (Å²) in [6, 6.07) is 15.1. The van der Waals surface area contributed by atoms with Crippen LogP contribution in [0.5, 0.6) is 0 Å². The fourth-order valence-electron chi connectivity index (χ4n) is 2.41. The third kappa shape index (κ3) is 4.70. The van der Waals surface area contributed by atoms with Crippen molar-refractivity contribution in [1.29, 1.82) is 0 Å². The molecule has 0 fully saturated rings. The molecule has 0 aliphatic rings. The molecule has 27 heavy (non-hydrogen) atoms. The molecule has 0 aliphatic carbocycles. The highest BCUT2D eigenvalue weighted by molar-refractivity contribution is 6.35. The number of furan rings is 1. The molecule has 138 valence electrons. The average Bonchev–Trinajstić information content (AvgIpc) is 3.14. The number of anilines is 2. The van der Waals surface area contributed by atoms with Crippen molar-refractivity contribution in [3.63, 3.8) is 0 Å². The van der Waals surface area contributed by atoms with Crippen LogP contribution in [0.25, 0.3) is 11.3 Å². The van der Waals surface area contributed by atoms with Crippen LogP contribution in [-0.2, 0) is 4.79 Å². The fraction of sp³-hybridized carbons (Fsp3) is 0.100. The fourth-order valence-corrected chi connectivity index (χ4v) is 2.79. The van der Waals surface area contributed by atoms with E-state index in [4.69, 9.17) is 27.6 Å². The van der Waals surface area contributed by atoms with Crippen LogP contribution in [0, 0.1) is 0 Å². The van der Waals surface area contributed by atoms with Crippen LogP contribution in [0.3, 0.4) is 0 Å². The van der Waals surface area contributed by atoms with Crippen LogP contribution >= 0.6 is 23.2 Å². The number of amides is 2. The van der Waals surface area contributed by atoms with Gasteiger partial charge in [-0.05, 0) is 48.5 Å². The van der Waals surface area contributed by atoms with Gasteiger partial charge in [-0.3, -0.25) is 9.59 Å². The molecule has 5 nitrogen and oxygen atoms in total. The standard InChI is InChI=1S/C20H16Cl2N2O3/c1-2-19(25)23-13-4-3-5-14(11-13)24-20(26)18-9-8-17(27-18)15-10-12(21)6-7-16(15)22/h3-11H,2H2,1H3,(H,23,25)(H,24,26). The van der Waals surface area contributed by atoms with Crippen LogP contribution in [0.4, 0.5) is 11.4 Å². The van der Waals surface area contributed by atoms with Gasteiger partial charge in [-0.15, -0.1) is 0 Å². The van der Waals surface area contributed by atoms with Crippen LogP contribution in [0.2, 0.25) is 10.0 Å². The Morgan fingerprint density at radius 3 is 2.44 bits per heavy atom. The summed E-state index contributed by atoms with van der Waals surface area (Å²) in [6.45, 7) is 1.77. The van der Waals surface area contributed by atoms with Crippen LogP contribution in [0.1, 0.15) is 23.9 Å². The van der Waals surface area contributed by atoms with E-state index in [1.807, 2.05) is 0 Å². The van der Waals surface area contributed by atoms with Gasteiger partial charge >= 0.3 is 0 Å². The summed E-state index contributed by atoms with van der Waals surface area (Å²) in [4.78, 5) is 23.9. The van der Waals surface area contributed by atoms with Crippen molar-refractivity contribution in [1.82, 2.24) is 0 Å². The molecule has 0 unspecified atom stereocenters. The third-order valence-corrected chi connectivity index (χ3v) is 4.31. The van der Waals surface area contributed by atoms with E-state index in [9.17, 15) is 9.59 Å². The quantitative estimate of drug-likeness (QED) is 0.561. The summed E-state index contributed by atoms with van der Waals surface area (Å²) in [5.41, 5.74) is 1.74. The lowest BCUT2D eigenvalue weighted by Crippen LogP contribution is -2.12. The van der Waals surface area contributed by atoms with E-state index < -0.39 is 5.91 Å². The number of hydrogen-bond acceptors (Lipinski definition) is 3. The summed E-state index contributed by atoms with van der Waals surface area (Å²) in [5, 5.41) is 6.47. The molecule has 0 bridgehead atoms. The van der Waals surface area contributed by atoms with Crippen molar-refractivity contribution >= 4 is 46.4 Å². The minimum Gasteiger partial charge on any atom is -0.451 e. The number of nitrogens with one attached hydrogen (secondary N) is 2. The van der Waals surface area contributed by atoms with Gasteiger partial charge in [-0.1, -0.05) is 36.2 Å². The van der Waals surface area contributed by atoms with Crippen molar-refractivity contribution in [2.45, 2.75) is 13.3 Å². The predicted molar refractivity (Wildman–Crippen MR) is 107 cm³/mol. The minimum atomic E-state index is -0.418. The maximum absolute atomic E-state index is 12.4. The van der Waals surface area contributed by atoms with Crippen molar-refractivity contribution in [2.75, 3.05) is 10.6 Å². The normalized spacial score (nSPS) is 10.5. The first-order chi connectivity index (χ1) is 13.0. The Hall–Kier alpha value is -2.76. The molecular formula is C20H16Cl2N2O3. The lowest BCUT2D eigenvalue weighted by atomic mass is 10.2. The Morgan fingerprint density at radius 1 is 0.963 bits per heavy atom. The number of halogens is 2. The molecular weight excluding hydrogens is 387 g/mol. The molecule has 7 heteroatoms. The Balaban J connectivity index is 1.76. The van der Waals surface area contributed by atoms with Gasteiger partial charge in [-0.2, -0.15) is 0 Å². The maximum atomic E-state index is 12.4. The number of carbonyl (C=O) groups is 2. The molecule has 3 aromatic rings. The van der Waals surface area contributed by atoms with E-state index >= 15 is 0 Å². The van der Waals surface area contributed by atoms with Gasteiger partial charge in [-0.25, -0.2) is 0 Å². The van der Waals surface area contributed by atoms with Gasteiger partial charge in [0.1, 0.15) is 5.76 Å². The maximum Gasteiger partial charge on any atom is 0.291 e. The molecule has 1 aromatic heterocycles. The summed E-state index contributed by atoms with van der Waals surface area (Å²) in [6.07, 6.45) is 0.373. The number of rotatable bonds is 5. The van der Waals surface area contributed by atoms with Gasteiger partial charge in [0.05, 0.1) is 5.02 Å². The van der Waals surface area contributed by atoms with Gasteiger partial charge in [0, 0.05) is 28.4 Å². The summed E-state index contributed by atoms with van der Waals surface area (Å²) in [5.74, 6) is 0.0478. The van der Waals surface area contributed by atoms with E-state index in [1.54, 1.807) is 61.5 Å². The first-order valence-corrected chi connectivity index (χ1v) is 8.98. The zero-order chi connectivity index (χ0) is 19.4. The summed E-state index contributed by atoms with van der Waals surface area (Å²) in [7, 11) is 0. The number of benzene rings is 2. The molecule has 0 saturated carbocycles. The van der Waals surface area contributed by atoms with Gasteiger partial charge in [0.2, 0.25) is 5.91 Å². The minimum absolute atomic E-state index is 0.104. The zero-order valence-corrected chi connectivity index (χ0v) is 15.9.